The van der Waals surface area contributed by atoms with Crippen LogP contribution in [0.5, 0.6) is 5.75 Å². The molecule has 1 N–H and O–H groups in total. The number of rotatable bonds is 8. The van der Waals surface area contributed by atoms with Crippen LogP contribution in [0.25, 0.3) is 0 Å². The van der Waals surface area contributed by atoms with Gasteiger partial charge in [-0.2, -0.15) is 0 Å². The predicted octanol–water partition coefficient (Wildman–Crippen LogP) is 2.78. The Bertz CT molecular complexity index is 910. The predicted molar refractivity (Wildman–Crippen MR) is 108 cm³/mol. The van der Waals surface area contributed by atoms with Crippen molar-refractivity contribution in [3.05, 3.63) is 59.2 Å². The highest BCUT2D eigenvalue weighted by Crippen LogP contribution is 2.21. The smallest absolute Gasteiger partial charge is 0.241 e. The van der Waals surface area contributed by atoms with Crippen LogP contribution < -0.4 is 14.4 Å². The highest BCUT2D eigenvalue weighted by molar-refractivity contribution is 7.92. The summed E-state index contributed by atoms with van der Waals surface area (Å²) >= 11 is 0. The van der Waals surface area contributed by atoms with Gasteiger partial charge < -0.3 is 10.1 Å². The Morgan fingerprint density at radius 3 is 2.44 bits per heavy atom. The van der Waals surface area contributed by atoms with E-state index in [2.05, 4.69) is 5.32 Å². The number of hydrogen-bond donors (Lipinski definition) is 1. The molecule has 2 aromatic rings. The average molecular weight is 391 g/mol. The number of carbonyl (C=O) groups is 1. The lowest BCUT2D eigenvalue weighted by Gasteiger charge is -2.23. The lowest BCUT2D eigenvalue weighted by Crippen LogP contribution is -2.40. The van der Waals surface area contributed by atoms with Gasteiger partial charge in [0.25, 0.3) is 0 Å². The summed E-state index contributed by atoms with van der Waals surface area (Å²) in [5, 5.41) is 2.77. The van der Waals surface area contributed by atoms with Crippen molar-refractivity contribution in [2.24, 2.45) is 0 Å². The molecular weight excluding hydrogens is 364 g/mol. The Kier molecular flexibility index (Phi) is 6.85. The number of nitrogens with one attached hydrogen (secondary N) is 1. The number of anilines is 1. The van der Waals surface area contributed by atoms with Crippen molar-refractivity contribution in [1.29, 1.82) is 0 Å². The Labute approximate surface area is 161 Å². The third kappa shape index (κ3) is 5.72. The van der Waals surface area contributed by atoms with Gasteiger partial charge in [0.1, 0.15) is 12.3 Å². The highest BCUT2D eigenvalue weighted by atomic mass is 32.2. The average Bonchev–Trinajstić information content (AvgIpc) is 2.61. The van der Waals surface area contributed by atoms with Crippen LogP contribution in [0.2, 0.25) is 0 Å². The normalized spacial score (nSPS) is 11.1. The van der Waals surface area contributed by atoms with Crippen LogP contribution in [0.3, 0.4) is 0 Å². The zero-order chi connectivity index (χ0) is 20.0. The number of nitrogens with zero attached hydrogens (tertiary/aromatic N) is 1. The van der Waals surface area contributed by atoms with Gasteiger partial charge in [-0.1, -0.05) is 24.3 Å². The summed E-state index contributed by atoms with van der Waals surface area (Å²) in [7, 11) is -3.59. The SMILES string of the molecule is CCOc1ccccc1CNC(=O)CN(c1ccc(C)c(C)c1)S(C)(=O)=O. The lowest BCUT2D eigenvalue weighted by atomic mass is 10.1. The van der Waals surface area contributed by atoms with Crippen molar-refractivity contribution in [3.63, 3.8) is 0 Å². The molecule has 0 bridgehead atoms. The maximum atomic E-state index is 12.4. The van der Waals surface area contributed by atoms with Gasteiger partial charge in [0.15, 0.2) is 0 Å². The summed E-state index contributed by atoms with van der Waals surface area (Å²) < 4.78 is 31.1. The second kappa shape index (κ2) is 8.90. The zero-order valence-corrected chi connectivity index (χ0v) is 17.0. The Hall–Kier alpha value is -2.54. The quantitative estimate of drug-likeness (QED) is 0.752. The first-order chi connectivity index (χ1) is 12.7. The molecule has 0 aliphatic rings. The summed E-state index contributed by atoms with van der Waals surface area (Å²) in [6, 6.07) is 12.8. The van der Waals surface area contributed by atoms with Crippen LogP contribution in [0.1, 0.15) is 23.6 Å². The van der Waals surface area contributed by atoms with Crippen LogP contribution in [0.4, 0.5) is 5.69 Å². The van der Waals surface area contributed by atoms with Gasteiger partial charge in [-0.15, -0.1) is 0 Å². The summed E-state index contributed by atoms with van der Waals surface area (Å²) in [6.07, 6.45) is 1.10. The molecule has 146 valence electrons. The number of sulfonamides is 1. The molecule has 0 radical (unpaired) electrons. The van der Waals surface area contributed by atoms with Crippen molar-refractivity contribution in [3.8, 4) is 5.75 Å². The first-order valence-corrected chi connectivity index (χ1v) is 10.6. The first-order valence-electron chi connectivity index (χ1n) is 8.74. The van der Waals surface area contributed by atoms with Gasteiger partial charge in [-0.05, 0) is 50.1 Å². The molecule has 0 fully saturated rings. The summed E-state index contributed by atoms with van der Waals surface area (Å²) in [6.45, 7) is 6.26. The molecule has 0 saturated heterocycles. The summed E-state index contributed by atoms with van der Waals surface area (Å²) in [4.78, 5) is 12.4. The van der Waals surface area contributed by atoms with Gasteiger partial charge in [-0.25, -0.2) is 8.42 Å². The fourth-order valence-electron chi connectivity index (χ4n) is 2.61. The number of amides is 1. The first kappa shape index (κ1) is 20.8. The minimum Gasteiger partial charge on any atom is -0.494 e. The van der Waals surface area contributed by atoms with Gasteiger partial charge in [0, 0.05) is 12.1 Å². The van der Waals surface area contributed by atoms with E-state index in [9.17, 15) is 13.2 Å². The highest BCUT2D eigenvalue weighted by Gasteiger charge is 2.21. The van der Waals surface area contributed by atoms with Crippen LogP contribution in [0.15, 0.2) is 42.5 Å². The molecule has 0 saturated carbocycles. The summed E-state index contributed by atoms with van der Waals surface area (Å²) in [5.74, 6) is 0.319. The molecule has 7 heteroatoms. The van der Waals surface area contributed by atoms with Crippen molar-refractivity contribution >= 4 is 21.6 Å². The molecule has 0 aliphatic heterocycles. The van der Waals surface area contributed by atoms with E-state index in [1.807, 2.05) is 51.1 Å². The number of benzene rings is 2. The fourth-order valence-corrected chi connectivity index (χ4v) is 3.46. The van der Waals surface area contributed by atoms with E-state index >= 15 is 0 Å². The van der Waals surface area contributed by atoms with E-state index in [0.29, 0.717) is 18.0 Å². The number of aryl methyl sites for hydroxylation is 2. The molecule has 0 unspecified atom stereocenters. The van der Waals surface area contributed by atoms with Gasteiger partial charge >= 0.3 is 0 Å². The third-order valence-corrected chi connectivity index (χ3v) is 5.36. The number of ether oxygens (including phenoxy) is 1. The van der Waals surface area contributed by atoms with E-state index < -0.39 is 10.0 Å². The monoisotopic (exact) mass is 390 g/mol. The molecule has 0 aliphatic carbocycles. The molecule has 0 heterocycles. The summed E-state index contributed by atoms with van der Waals surface area (Å²) in [5.41, 5.74) is 3.34. The third-order valence-electron chi connectivity index (χ3n) is 4.21. The van der Waals surface area contributed by atoms with Crippen LogP contribution in [0, 0.1) is 13.8 Å². The molecule has 2 aromatic carbocycles. The van der Waals surface area contributed by atoms with Gasteiger partial charge in [0.2, 0.25) is 15.9 Å². The second-order valence-electron chi connectivity index (χ2n) is 6.36. The van der Waals surface area contributed by atoms with Crippen LogP contribution in [-0.4, -0.2) is 33.7 Å². The Morgan fingerprint density at radius 1 is 1.11 bits per heavy atom. The van der Waals surface area contributed by atoms with Crippen LogP contribution in [-0.2, 0) is 21.4 Å². The molecule has 0 aromatic heterocycles. The van der Waals surface area contributed by atoms with Gasteiger partial charge in [-0.3, -0.25) is 9.10 Å². The van der Waals surface area contributed by atoms with E-state index in [1.165, 1.54) is 0 Å². The molecule has 0 spiro atoms. The van der Waals surface area contributed by atoms with E-state index in [-0.39, 0.29) is 19.0 Å². The largest absolute Gasteiger partial charge is 0.494 e. The van der Waals surface area contributed by atoms with Gasteiger partial charge in [0.05, 0.1) is 18.6 Å². The minimum atomic E-state index is -3.59. The molecule has 1 amide bonds. The molecule has 2 rings (SSSR count). The topological polar surface area (TPSA) is 75.7 Å². The van der Waals surface area contributed by atoms with Crippen molar-refractivity contribution < 1.29 is 17.9 Å². The Balaban J connectivity index is 2.12. The number of carbonyl (C=O) groups excluding carboxylic acids is 1. The van der Waals surface area contributed by atoms with E-state index in [1.54, 1.807) is 12.1 Å². The molecule has 27 heavy (non-hydrogen) atoms. The number of para-hydroxylation sites is 1. The second-order valence-corrected chi connectivity index (χ2v) is 8.26. The molecular formula is C20H26N2O4S. The Morgan fingerprint density at radius 2 is 1.81 bits per heavy atom. The van der Waals surface area contributed by atoms with Crippen molar-refractivity contribution in [1.82, 2.24) is 5.32 Å². The van der Waals surface area contributed by atoms with Crippen molar-refractivity contribution in [2.45, 2.75) is 27.3 Å². The van der Waals surface area contributed by atoms with Crippen LogP contribution >= 0.6 is 0 Å². The van der Waals surface area contributed by atoms with Crippen molar-refractivity contribution in [2.75, 3.05) is 23.7 Å². The van der Waals surface area contributed by atoms with E-state index in [0.717, 1.165) is 27.3 Å². The fraction of sp³-hybridized carbons (Fsp3) is 0.350. The zero-order valence-electron chi connectivity index (χ0n) is 16.2. The lowest BCUT2D eigenvalue weighted by molar-refractivity contribution is -0.119. The maximum Gasteiger partial charge on any atom is 0.241 e. The number of hydrogen-bond acceptors (Lipinski definition) is 4. The maximum absolute atomic E-state index is 12.4. The standard InChI is InChI=1S/C20H26N2O4S/c1-5-26-19-9-7-6-8-17(19)13-21-20(23)14-22(27(4,24)25)18-11-10-15(2)16(3)12-18/h6-12H,5,13-14H2,1-4H3,(H,21,23). The van der Waals surface area contributed by atoms with E-state index in [4.69, 9.17) is 4.74 Å². The molecule has 0 atom stereocenters. The minimum absolute atomic E-state index is 0.263. The molecule has 6 nitrogen and oxygen atoms in total.